The fraction of sp³-hybridized carbons (Fsp3) is 0.312. The highest BCUT2D eigenvalue weighted by molar-refractivity contribution is 5.40. The van der Waals surface area contributed by atoms with Crippen molar-refractivity contribution in [2.45, 2.75) is 32.7 Å². The van der Waals surface area contributed by atoms with Gasteiger partial charge in [-0.1, -0.05) is 6.07 Å². The van der Waals surface area contributed by atoms with Crippen molar-refractivity contribution < 1.29 is 4.74 Å². The number of ether oxygens (including phenoxy) is 1. The summed E-state index contributed by atoms with van der Waals surface area (Å²) in [4.78, 5) is 4.39. The van der Waals surface area contributed by atoms with E-state index in [-0.39, 0.29) is 0 Å². The second-order valence-corrected chi connectivity index (χ2v) is 5.05. The summed E-state index contributed by atoms with van der Waals surface area (Å²) in [6, 6.07) is 10.2. The first-order valence-corrected chi connectivity index (χ1v) is 6.72. The summed E-state index contributed by atoms with van der Waals surface area (Å²) >= 11 is 0. The Balaban J connectivity index is 1.86. The van der Waals surface area contributed by atoms with E-state index in [2.05, 4.69) is 17.1 Å². The van der Waals surface area contributed by atoms with E-state index in [1.165, 1.54) is 24.0 Å². The third-order valence-corrected chi connectivity index (χ3v) is 3.52. The van der Waals surface area contributed by atoms with Crippen molar-refractivity contribution in [3.8, 4) is 11.6 Å². The number of rotatable bonds is 3. The molecule has 1 aromatic carbocycles. The number of hydrogen-bond acceptors (Lipinski definition) is 3. The molecule has 3 nitrogen and oxygen atoms in total. The summed E-state index contributed by atoms with van der Waals surface area (Å²) in [7, 11) is 0. The third kappa shape index (κ3) is 2.61. The Labute approximate surface area is 113 Å². The molecule has 0 amide bonds. The smallest absolute Gasteiger partial charge is 0.219 e. The van der Waals surface area contributed by atoms with Crippen LogP contribution in [0.3, 0.4) is 0 Å². The van der Waals surface area contributed by atoms with Crippen LogP contribution in [-0.4, -0.2) is 4.98 Å². The summed E-state index contributed by atoms with van der Waals surface area (Å²) in [6.07, 6.45) is 3.59. The molecule has 0 radical (unpaired) electrons. The number of aryl methyl sites for hydroxylation is 3. The quantitative estimate of drug-likeness (QED) is 0.915. The van der Waals surface area contributed by atoms with Crippen LogP contribution in [0.15, 0.2) is 30.3 Å². The molecule has 0 unspecified atom stereocenters. The minimum Gasteiger partial charge on any atom is -0.439 e. The Morgan fingerprint density at radius 3 is 2.84 bits per heavy atom. The average Bonchev–Trinajstić information content (AvgIpc) is 2.85. The van der Waals surface area contributed by atoms with Crippen molar-refractivity contribution in [1.82, 2.24) is 4.98 Å². The fourth-order valence-electron chi connectivity index (χ4n) is 2.61. The largest absolute Gasteiger partial charge is 0.439 e. The standard InChI is InChI=1S/C16H18N2O/c1-11-7-12(10-17)8-16(18-11)19-15-6-5-13-3-2-4-14(13)9-15/h5-9H,2-4,10,17H2,1H3. The summed E-state index contributed by atoms with van der Waals surface area (Å²) in [5.74, 6) is 1.49. The van der Waals surface area contributed by atoms with E-state index in [4.69, 9.17) is 10.5 Å². The molecule has 3 heteroatoms. The second-order valence-electron chi connectivity index (χ2n) is 5.05. The lowest BCUT2D eigenvalue weighted by molar-refractivity contribution is 0.460. The van der Waals surface area contributed by atoms with Crippen molar-refractivity contribution in [3.05, 3.63) is 52.7 Å². The maximum atomic E-state index is 5.86. The van der Waals surface area contributed by atoms with Crippen LogP contribution in [0.25, 0.3) is 0 Å². The van der Waals surface area contributed by atoms with Crippen LogP contribution >= 0.6 is 0 Å². The molecule has 1 aliphatic rings. The number of benzene rings is 1. The van der Waals surface area contributed by atoms with Crippen molar-refractivity contribution >= 4 is 0 Å². The van der Waals surface area contributed by atoms with Crippen LogP contribution in [0.5, 0.6) is 11.6 Å². The molecule has 2 N–H and O–H groups in total. The van der Waals surface area contributed by atoms with E-state index in [1.54, 1.807) is 0 Å². The van der Waals surface area contributed by atoms with Gasteiger partial charge in [0.05, 0.1) is 0 Å². The van der Waals surface area contributed by atoms with Gasteiger partial charge in [-0.05, 0) is 61.1 Å². The molecule has 3 rings (SSSR count). The molecule has 0 bridgehead atoms. The number of nitrogens with zero attached hydrogens (tertiary/aromatic N) is 1. The molecule has 0 spiro atoms. The number of nitrogens with two attached hydrogens (primary N) is 1. The lowest BCUT2D eigenvalue weighted by Gasteiger charge is -2.09. The SMILES string of the molecule is Cc1cc(CN)cc(Oc2ccc3c(c2)CCC3)n1. The van der Waals surface area contributed by atoms with Gasteiger partial charge in [-0.15, -0.1) is 0 Å². The molecular formula is C16H18N2O. The normalized spacial score (nSPS) is 13.4. The van der Waals surface area contributed by atoms with Crippen molar-refractivity contribution in [2.24, 2.45) is 5.73 Å². The molecule has 0 saturated carbocycles. The van der Waals surface area contributed by atoms with Gasteiger partial charge < -0.3 is 10.5 Å². The molecule has 0 aliphatic heterocycles. The molecular weight excluding hydrogens is 236 g/mol. The van der Waals surface area contributed by atoms with E-state index in [9.17, 15) is 0 Å². The maximum Gasteiger partial charge on any atom is 0.219 e. The highest BCUT2D eigenvalue weighted by Gasteiger charge is 2.12. The molecule has 19 heavy (non-hydrogen) atoms. The van der Waals surface area contributed by atoms with Crippen molar-refractivity contribution in [3.63, 3.8) is 0 Å². The molecule has 1 aromatic heterocycles. The Bertz CT molecular complexity index is 608. The number of pyridine rings is 1. The first kappa shape index (κ1) is 12.2. The second kappa shape index (κ2) is 5.02. The zero-order valence-electron chi connectivity index (χ0n) is 11.1. The van der Waals surface area contributed by atoms with Crippen LogP contribution in [0.4, 0.5) is 0 Å². The van der Waals surface area contributed by atoms with E-state index in [0.717, 1.165) is 23.4 Å². The number of fused-ring (bicyclic) bond motifs is 1. The molecule has 0 fully saturated rings. The van der Waals surface area contributed by atoms with Crippen LogP contribution in [0.1, 0.15) is 28.8 Å². The predicted molar refractivity (Wildman–Crippen MR) is 75.4 cm³/mol. The Morgan fingerprint density at radius 1 is 1.16 bits per heavy atom. The molecule has 0 saturated heterocycles. The lowest BCUT2D eigenvalue weighted by atomic mass is 10.1. The maximum absolute atomic E-state index is 5.86. The average molecular weight is 254 g/mol. The van der Waals surface area contributed by atoms with Gasteiger partial charge >= 0.3 is 0 Å². The van der Waals surface area contributed by atoms with E-state index in [0.29, 0.717) is 12.4 Å². The topological polar surface area (TPSA) is 48.1 Å². The third-order valence-electron chi connectivity index (χ3n) is 3.52. The first-order chi connectivity index (χ1) is 9.24. The van der Waals surface area contributed by atoms with Gasteiger partial charge in [0.2, 0.25) is 5.88 Å². The van der Waals surface area contributed by atoms with E-state index < -0.39 is 0 Å². The van der Waals surface area contributed by atoms with Crippen LogP contribution in [0.2, 0.25) is 0 Å². The van der Waals surface area contributed by atoms with Crippen molar-refractivity contribution in [2.75, 3.05) is 0 Å². The van der Waals surface area contributed by atoms with Gasteiger partial charge in [-0.3, -0.25) is 0 Å². The Morgan fingerprint density at radius 2 is 2.00 bits per heavy atom. The van der Waals surface area contributed by atoms with Gasteiger partial charge in [0.1, 0.15) is 5.75 Å². The number of hydrogen-bond donors (Lipinski definition) is 1. The zero-order chi connectivity index (χ0) is 13.2. The van der Waals surface area contributed by atoms with Gasteiger partial charge in [0.15, 0.2) is 0 Å². The zero-order valence-corrected chi connectivity index (χ0v) is 11.1. The predicted octanol–water partition coefficient (Wildman–Crippen LogP) is 3.13. The van der Waals surface area contributed by atoms with Gasteiger partial charge in [0, 0.05) is 18.3 Å². The Hall–Kier alpha value is -1.87. The van der Waals surface area contributed by atoms with E-state index in [1.807, 2.05) is 25.1 Å². The summed E-state index contributed by atoms with van der Waals surface area (Å²) in [6.45, 7) is 2.46. The highest BCUT2D eigenvalue weighted by atomic mass is 16.5. The lowest BCUT2D eigenvalue weighted by Crippen LogP contribution is -1.99. The van der Waals surface area contributed by atoms with Gasteiger partial charge in [-0.25, -0.2) is 4.98 Å². The number of aromatic nitrogens is 1. The van der Waals surface area contributed by atoms with Crippen LogP contribution < -0.4 is 10.5 Å². The fourth-order valence-corrected chi connectivity index (χ4v) is 2.61. The molecule has 1 aliphatic carbocycles. The minimum absolute atomic E-state index is 0.504. The highest BCUT2D eigenvalue weighted by Crippen LogP contribution is 2.28. The first-order valence-electron chi connectivity index (χ1n) is 6.72. The minimum atomic E-state index is 0.504. The van der Waals surface area contributed by atoms with Crippen molar-refractivity contribution in [1.29, 1.82) is 0 Å². The molecule has 2 aromatic rings. The summed E-state index contributed by atoms with van der Waals surface area (Å²) < 4.78 is 5.86. The molecule has 0 atom stereocenters. The van der Waals surface area contributed by atoms with Gasteiger partial charge in [-0.2, -0.15) is 0 Å². The van der Waals surface area contributed by atoms with Gasteiger partial charge in [0.25, 0.3) is 0 Å². The molecule has 1 heterocycles. The Kier molecular flexibility index (Phi) is 3.22. The van der Waals surface area contributed by atoms with E-state index >= 15 is 0 Å². The summed E-state index contributed by atoms with van der Waals surface area (Å²) in [5.41, 5.74) is 10.5. The molecule has 98 valence electrons. The monoisotopic (exact) mass is 254 g/mol. The van der Waals surface area contributed by atoms with Crippen LogP contribution in [-0.2, 0) is 19.4 Å². The summed E-state index contributed by atoms with van der Waals surface area (Å²) in [5, 5.41) is 0. The van der Waals surface area contributed by atoms with Crippen LogP contribution in [0, 0.1) is 6.92 Å².